The van der Waals surface area contributed by atoms with Gasteiger partial charge in [0.2, 0.25) is 0 Å². The third-order valence-corrected chi connectivity index (χ3v) is 4.13. The largest absolute Gasteiger partial charge is 0.327 e. The van der Waals surface area contributed by atoms with Crippen molar-refractivity contribution in [3.05, 3.63) is 29.6 Å². The van der Waals surface area contributed by atoms with Crippen molar-refractivity contribution in [2.24, 2.45) is 5.73 Å². The average Bonchev–Trinajstić information content (AvgIpc) is 2.98. The molecule has 1 aliphatic rings. The van der Waals surface area contributed by atoms with Gasteiger partial charge in [0.15, 0.2) is 0 Å². The van der Waals surface area contributed by atoms with Gasteiger partial charge < -0.3 is 5.73 Å². The zero-order valence-corrected chi connectivity index (χ0v) is 9.90. The van der Waals surface area contributed by atoms with Crippen LogP contribution in [0.3, 0.4) is 0 Å². The van der Waals surface area contributed by atoms with E-state index in [1.54, 1.807) is 17.8 Å². The molecule has 1 saturated carbocycles. The highest BCUT2D eigenvalue weighted by Gasteiger charge is 2.50. The van der Waals surface area contributed by atoms with Gasteiger partial charge in [-0.15, -0.1) is 11.8 Å². The SMILES string of the molecule is CSc1cccc(F)c1C1(C(C)N)CC1. The summed E-state index contributed by atoms with van der Waals surface area (Å²) in [5, 5.41) is 0. The van der Waals surface area contributed by atoms with E-state index < -0.39 is 0 Å². The highest BCUT2D eigenvalue weighted by Crippen LogP contribution is 2.53. The second-order valence-electron chi connectivity index (χ2n) is 4.26. The molecular formula is C12H16FNS. The second-order valence-corrected chi connectivity index (χ2v) is 5.11. The first kappa shape index (κ1) is 11.0. The van der Waals surface area contributed by atoms with Crippen molar-refractivity contribution in [2.75, 3.05) is 6.26 Å². The molecule has 1 aromatic carbocycles. The van der Waals surface area contributed by atoms with Crippen molar-refractivity contribution in [1.82, 2.24) is 0 Å². The smallest absolute Gasteiger partial charge is 0.128 e. The van der Waals surface area contributed by atoms with E-state index in [1.807, 2.05) is 19.2 Å². The molecule has 0 spiro atoms. The summed E-state index contributed by atoms with van der Waals surface area (Å²) in [6.45, 7) is 1.98. The predicted molar refractivity (Wildman–Crippen MR) is 62.7 cm³/mol. The normalized spacial score (nSPS) is 20.0. The van der Waals surface area contributed by atoms with Gasteiger partial charge in [0, 0.05) is 21.9 Å². The highest BCUT2D eigenvalue weighted by atomic mass is 32.2. The van der Waals surface area contributed by atoms with Gasteiger partial charge in [-0.25, -0.2) is 4.39 Å². The summed E-state index contributed by atoms with van der Waals surface area (Å²) in [5.41, 5.74) is 6.73. The van der Waals surface area contributed by atoms with Crippen LogP contribution in [-0.2, 0) is 5.41 Å². The van der Waals surface area contributed by atoms with Crippen molar-refractivity contribution >= 4 is 11.8 Å². The zero-order chi connectivity index (χ0) is 11.1. The highest BCUT2D eigenvalue weighted by molar-refractivity contribution is 7.98. The Hall–Kier alpha value is -0.540. The molecule has 1 nitrogen and oxygen atoms in total. The van der Waals surface area contributed by atoms with Crippen LogP contribution in [-0.4, -0.2) is 12.3 Å². The lowest BCUT2D eigenvalue weighted by Crippen LogP contribution is -2.32. The number of benzene rings is 1. The van der Waals surface area contributed by atoms with Crippen LogP contribution in [0, 0.1) is 5.82 Å². The first-order chi connectivity index (χ1) is 7.12. The van der Waals surface area contributed by atoms with Gasteiger partial charge in [-0.2, -0.15) is 0 Å². The van der Waals surface area contributed by atoms with Crippen LogP contribution in [0.2, 0.25) is 0 Å². The van der Waals surface area contributed by atoms with E-state index in [0.717, 1.165) is 23.3 Å². The van der Waals surface area contributed by atoms with Crippen LogP contribution in [0.4, 0.5) is 4.39 Å². The first-order valence-corrected chi connectivity index (χ1v) is 6.43. The van der Waals surface area contributed by atoms with E-state index in [0.29, 0.717) is 0 Å². The molecule has 1 aliphatic carbocycles. The second kappa shape index (κ2) is 3.80. The molecule has 0 amide bonds. The Morgan fingerprint density at radius 3 is 2.60 bits per heavy atom. The van der Waals surface area contributed by atoms with Crippen LogP contribution in [0.25, 0.3) is 0 Å². The van der Waals surface area contributed by atoms with Crippen molar-refractivity contribution in [1.29, 1.82) is 0 Å². The number of halogens is 1. The summed E-state index contributed by atoms with van der Waals surface area (Å²) in [6.07, 6.45) is 4.01. The van der Waals surface area contributed by atoms with Gasteiger partial charge in [0.05, 0.1) is 0 Å². The molecule has 0 radical (unpaired) electrons. The molecule has 2 rings (SSSR count). The van der Waals surface area contributed by atoms with E-state index in [1.165, 1.54) is 6.07 Å². The van der Waals surface area contributed by atoms with E-state index in [2.05, 4.69) is 0 Å². The Balaban J connectivity index is 2.51. The van der Waals surface area contributed by atoms with Crippen LogP contribution in [0.15, 0.2) is 23.1 Å². The summed E-state index contributed by atoms with van der Waals surface area (Å²) >= 11 is 1.60. The quantitative estimate of drug-likeness (QED) is 0.800. The molecule has 0 aliphatic heterocycles. The van der Waals surface area contributed by atoms with E-state index in [4.69, 9.17) is 5.73 Å². The molecule has 0 saturated heterocycles. The topological polar surface area (TPSA) is 26.0 Å². The van der Waals surface area contributed by atoms with E-state index >= 15 is 0 Å². The molecule has 1 unspecified atom stereocenters. The molecule has 2 N–H and O–H groups in total. The Bertz CT molecular complexity index is 372. The van der Waals surface area contributed by atoms with Crippen molar-refractivity contribution in [3.63, 3.8) is 0 Å². The Labute approximate surface area is 94.2 Å². The van der Waals surface area contributed by atoms with Gasteiger partial charge >= 0.3 is 0 Å². The van der Waals surface area contributed by atoms with Gasteiger partial charge in [0.25, 0.3) is 0 Å². The minimum absolute atomic E-state index is 0.0281. The van der Waals surface area contributed by atoms with Crippen molar-refractivity contribution in [2.45, 2.75) is 36.1 Å². The standard InChI is InChI=1S/C12H16FNS/c1-8(14)12(6-7-12)11-9(13)4-3-5-10(11)15-2/h3-5,8H,6-7,14H2,1-2H3. The molecule has 82 valence electrons. The minimum Gasteiger partial charge on any atom is -0.327 e. The third kappa shape index (κ3) is 1.68. The van der Waals surface area contributed by atoms with Crippen molar-refractivity contribution < 1.29 is 4.39 Å². The fourth-order valence-electron chi connectivity index (χ4n) is 2.23. The van der Waals surface area contributed by atoms with Gasteiger partial charge in [0.1, 0.15) is 5.82 Å². The summed E-state index contributed by atoms with van der Waals surface area (Å²) in [6, 6.07) is 5.31. The lowest BCUT2D eigenvalue weighted by molar-refractivity contribution is 0.502. The fraction of sp³-hybridized carbons (Fsp3) is 0.500. The minimum atomic E-state index is -0.100. The van der Waals surface area contributed by atoms with Gasteiger partial charge in [-0.1, -0.05) is 6.07 Å². The maximum Gasteiger partial charge on any atom is 0.128 e. The van der Waals surface area contributed by atoms with Crippen LogP contribution in [0.5, 0.6) is 0 Å². The van der Waals surface area contributed by atoms with E-state index in [9.17, 15) is 4.39 Å². The number of rotatable bonds is 3. The molecular weight excluding hydrogens is 209 g/mol. The summed E-state index contributed by atoms with van der Waals surface area (Å²) in [4.78, 5) is 1.03. The molecule has 3 heteroatoms. The van der Waals surface area contributed by atoms with Crippen LogP contribution >= 0.6 is 11.8 Å². The van der Waals surface area contributed by atoms with Crippen LogP contribution in [0.1, 0.15) is 25.3 Å². The van der Waals surface area contributed by atoms with Crippen LogP contribution < -0.4 is 5.73 Å². The lowest BCUT2D eigenvalue weighted by Gasteiger charge is -2.23. The maximum absolute atomic E-state index is 13.9. The van der Waals surface area contributed by atoms with Crippen molar-refractivity contribution in [3.8, 4) is 0 Å². The molecule has 0 heterocycles. The third-order valence-electron chi connectivity index (χ3n) is 3.35. The zero-order valence-electron chi connectivity index (χ0n) is 9.09. The molecule has 1 aromatic rings. The van der Waals surface area contributed by atoms with Gasteiger partial charge in [-0.3, -0.25) is 0 Å². The number of nitrogens with two attached hydrogens (primary N) is 1. The molecule has 1 fully saturated rings. The molecule has 1 atom stereocenters. The summed E-state index contributed by atoms with van der Waals surface area (Å²) in [7, 11) is 0. The van der Waals surface area contributed by atoms with E-state index in [-0.39, 0.29) is 17.3 Å². The van der Waals surface area contributed by atoms with Gasteiger partial charge in [-0.05, 0) is 38.2 Å². The Morgan fingerprint density at radius 1 is 1.47 bits per heavy atom. The summed E-state index contributed by atoms with van der Waals surface area (Å²) < 4.78 is 13.9. The monoisotopic (exact) mass is 225 g/mol. The average molecular weight is 225 g/mol. The Morgan fingerprint density at radius 2 is 2.13 bits per heavy atom. The Kier molecular flexibility index (Phi) is 2.77. The fourth-order valence-corrected chi connectivity index (χ4v) is 2.94. The lowest BCUT2D eigenvalue weighted by atomic mass is 9.89. The number of thioether (sulfide) groups is 1. The summed E-state index contributed by atoms with van der Waals surface area (Å²) in [5.74, 6) is -0.100. The number of hydrogen-bond donors (Lipinski definition) is 1. The molecule has 15 heavy (non-hydrogen) atoms. The molecule has 0 bridgehead atoms. The first-order valence-electron chi connectivity index (χ1n) is 5.20. The predicted octanol–water partition coefficient (Wildman–Crippen LogP) is 2.93. The maximum atomic E-state index is 13.9. The molecule has 0 aromatic heterocycles. The number of hydrogen-bond acceptors (Lipinski definition) is 2.